The van der Waals surface area contributed by atoms with Crippen LogP contribution in [-0.4, -0.2) is 80.7 Å². The maximum Gasteiger partial charge on any atom is 1.00 e. The van der Waals surface area contributed by atoms with Crippen LogP contribution in [0.4, 0.5) is 0 Å². The molecule has 0 bridgehead atoms. The van der Waals surface area contributed by atoms with Crippen molar-refractivity contribution < 1.29 is 57.6 Å². The van der Waals surface area contributed by atoms with E-state index in [4.69, 9.17) is 24.1 Å². The molecule has 0 aromatic heterocycles. The summed E-state index contributed by atoms with van der Waals surface area (Å²) in [6, 6.07) is 2.92. The van der Waals surface area contributed by atoms with Crippen molar-refractivity contribution in [2.24, 2.45) is 0 Å². The number of aliphatic hydroxyl groups excluding tert-OH is 2. The van der Waals surface area contributed by atoms with Crippen molar-refractivity contribution in [2.75, 3.05) is 41.5 Å². The number of carbonyl (C=O) groups excluding carboxylic acids is 2. The molecule has 1 aromatic rings. The van der Waals surface area contributed by atoms with Crippen LogP contribution < -0.4 is 33.1 Å². The van der Waals surface area contributed by atoms with Gasteiger partial charge in [-0.05, 0) is 39.1 Å². The Kier molecular flexibility index (Phi) is 45.8. The maximum atomic E-state index is 12.2. The average molecular weight is 800 g/mol. The van der Waals surface area contributed by atoms with Crippen LogP contribution in [0, 0.1) is 20.8 Å². The Bertz CT molecular complexity index is 1010. The second-order valence-electron chi connectivity index (χ2n) is 15.1. The predicted octanol–water partition coefficient (Wildman–Crippen LogP) is 8.71. The van der Waals surface area contributed by atoms with Crippen LogP contribution >= 0.6 is 0 Å². The molecule has 0 amide bonds. The fourth-order valence-corrected chi connectivity index (χ4v) is 5.92. The van der Waals surface area contributed by atoms with Crippen LogP contribution in [0.5, 0.6) is 17.2 Å². The Morgan fingerprint density at radius 3 is 1.47 bits per heavy atom. The molecule has 330 valence electrons. The van der Waals surface area contributed by atoms with Crippen LogP contribution in [0.15, 0.2) is 12.1 Å². The Balaban J connectivity index is -0.000000799. The van der Waals surface area contributed by atoms with Crippen molar-refractivity contribution >= 4 is 11.9 Å². The van der Waals surface area contributed by atoms with Gasteiger partial charge in [0.1, 0.15) is 0 Å². The van der Waals surface area contributed by atoms with Gasteiger partial charge in [-0.25, -0.2) is 4.79 Å². The number of rotatable bonds is 33. The molecule has 0 spiro atoms. The second-order valence-corrected chi connectivity index (χ2v) is 15.1. The number of esters is 2. The van der Waals surface area contributed by atoms with Gasteiger partial charge in [-0.2, -0.15) is 12.8 Å². The zero-order valence-electron chi connectivity index (χ0n) is 38.0. The van der Waals surface area contributed by atoms with Gasteiger partial charge in [0.05, 0.1) is 26.4 Å². The van der Waals surface area contributed by atoms with Crippen LogP contribution in [0.3, 0.4) is 0 Å². The molecule has 0 heterocycles. The van der Waals surface area contributed by atoms with Crippen molar-refractivity contribution in [1.82, 2.24) is 4.90 Å². The second kappa shape index (κ2) is 43.8. The topological polar surface area (TPSA) is 115 Å². The largest absolute Gasteiger partial charge is 1.00 e. The molecule has 2 N–H and O–H groups in total. The van der Waals surface area contributed by atoms with Gasteiger partial charge in [-0.3, -0.25) is 4.79 Å². The van der Waals surface area contributed by atoms with E-state index in [0.29, 0.717) is 19.4 Å². The number of methoxy groups -OCH3 is 2. The third-order valence-corrected chi connectivity index (χ3v) is 9.39. The van der Waals surface area contributed by atoms with E-state index in [2.05, 4.69) is 34.6 Å². The first-order valence-corrected chi connectivity index (χ1v) is 22.1. The summed E-state index contributed by atoms with van der Waals surface area (Å²) < 4.78 is 21.0. The van der Waals surface area contributed by atoms with E-state index in [0.717, 1.165) is 32.2 Å². The summed E-state index contributed by atoms with van der Waals surface area (Å²) in [6.07, 6.45) is 30.4. The molecule has 0 radical (unpaired) electrons. The number of unbranched alkanes of at least 4 members (excludes halogenated alkanes) is 18. The van der Waals surface area contributed by atoms with E-state index in [1.54, 1.807) is 0 Å². The molecule has 9 nitrogen and oxygen atoms in total. The first-order chi connectivity index (χ1) is 27.0. The van der Waals surface area contributed by atoms with Gasteiger partial charge < -0.3 is 54.8 Å². The minimum atomic E-state index is -0.494. The van der Waals surface area contributed by atoms with Gasteiger partial charge in [-0.15, -0.1) is 0 Å². The molecule has 10 heteroatoms. The van der Waals surface area contributed by atoms with Gasteiger partial charge in [0.2, 0.25) is 5.75 Å². The molecular formula is C47H86LiNO8-2. The zero-order chi connectivity index (χ0) is 42.2. The molecule has 57 heavy (non-hydrogen) atoms. The minimum Gasteiger partial charge on any atom is -0.493 e. The molecule has 1 rings (SSSR count). The van der Waals surface area contributed by atoms with E-state index < -0.39 is 11.9 Å². The Hall–Kier alpha value is -1.76. The first-order valence-electron chi connectivity index (χ1n) is 22.1. The van der Waals surface area contributed by atoms with Gasteiger partial charge in [0.15, 0.2) is 11.5 Å². The summed E-state index contributed by atoms with van der Waals surface area (Å²) in [7, 11) is 6.73. The molecule has 0 aliphatic heterocycles. The van der Waals surface area contributed by atoms with Gasteiger partial charge in [0, 0.05) is 19.1 Å². The fourth-order valence-electron chi connectivity index (χ4n) is 5.92. The molecule has 0 saturated heterocycles. The van der Waals surface area contributed by atoms with E-state index in [-0.39, 0.29) is 60.3 Å². The Morgan fingerprint density at radius 1 is 0.684 bits per heavy atom. The van der Waals surface area contributed by atoms with Gasteiger partial charge in [0.25, 0.3) is 0 Å². The Morgan fingerprint density at radius 2 is 1.11 bits per heavy atom. The van der Waals surface area contributed by atoms with Crippen molar-refractivity contribution in [3.05, 3.63) is 38.5 Å². The van der Waals surface area contributed by atoms with E-state index in [1.807, 2.05) is 19.0 Å². The van der Waals surface area contributed by atoms with Crippen molar-refractivity contribution in [3.63, 3.8) is 0 Å². The standard InChI is InChI=1S/C18H26NO6.C15H31O.C14H29O.Li/c1-6-8-16(20)25-17-14(22-4)11-13(12-15(17)23-5)18(21)24-10-7-9-19(2)3;1-3-5-6-7-8-9-10-11-12-13-14-15(16)4-2;1-3-4-5-6-7-8-9-10-11-12-13-14(2)15;/h11-12H,1,6-10H2,2-5H3;15-16H,2-14H2,1H3;14-15H,2-13H2,1H3;/q3*-1;+1. The summed E-state index contributed by atoms with van der Waals surface area (Å²) in [6.45, 7) is 16.5. The molecule has 0 aliphatic carbocycles. The van der Waals surface area contributed by atoms with E-state index >= 15 is 0 Å². The van der Waals surface area contributed by atoms with Crippen LogP contribution in [0.1, 0.15) is 191 Å². The summed E-state index contributed by atoms with van der Waals surface area (Å²) in [5, 5.41) is 18.3. The molecule has 2 atom stereocenters. The van der Waals surface area contributed by atoms with Crippen molar-refractivity contribution in [3.8, 4) is 17.2 Å². The predicted molar refractivity (Wildman–Crippen MR) is 233 cm³/mol. The van der Waals surface area contributed by atoms with Crippen LogP contribution in [-0.2, 0) is 9.53 Å². The van der Waals surface area contributed by atoms with Crippen LogP contribution in [0.25, 0.3) is 0 Å². The third kappa shape index (κ3) is 38.2. The molecule has 2 unspecified atom stereocenters. The van der Waals surface area contributed by atoms with Crippen LogP contribution in [0.2, 0.25) is 0 Å². The fraction of sp³-hybridized carbons (Fsp3) is 0.766. The van der Waals surface area contributed by atoms with E-state index in [1.165, 1.54) is 148 Å². The van der Waals surface area contributed by atoms with Crippen molar-refractivity contribution in [2.45, 2.75) is 193 Å². The Labute approximate surface area is 363 Å². The summed E-state index contributed by atoms with van der Waals surface area (Å²) >= 11 is 0. The minimum absolute atomic E-state index is 0. The summed E-state index contributed by atoms with van der Waals surface area (Å²) in [5.74, 6) is -0.377. The molecular weight excluding hydrogens is 713 g/mol. The average Bonchev–Trinajstić information content (AvgIpc) is 3.18. The molecule has 0 fully saturated rings. The zero-order valence-corrected chi connectivity index (χ0v) is 38.0. The maximum absolute atomic E-state index is 12.2. The number of carbonyl (C=O) groups is 2. The third-order valence-electron chi connectivity index (χ3n) is 9.39. The molecule has 0 saturated carbocycles. The van der Waals surface area contributed by atoms with Gasteiger partial charge in [-0.1, -0.05) is 155 Å². The number of hydrogen-bond acceptors (Lipinski definition) is 9. The smallest absolute Gasteiger partial charge is 0.493 e. The van der Waals surface area contributed by atoms with E-state index in [9.17, 15) is 14.7 Å². The van der Waals surface area contributed by atoms with Crippen molar-refractivity contribution in [1.29, 1.82) is 0 Å². The summed E-state index contributed by atoms with van der Waals surface area (Å²) in [5.41, 5.74) is 0.260. The normalized spacial score (nSPS) is 11.6. The number of benzene rings is 1. The molecule has 0 aliphatic rings. The van der Waals surface area contributed by atoms with Gasteiger partial charge >= 0.3 is 30.8 Å². The SMILES string of the molecule is [CH2-]C(O)CCCCCCCCCCCC.[CH2-]CC(O)CCCCCCCCCCCC.[CH2-]CCC(=O)Oc1c(OC)cc(C(=O)OCCCN(C)C)cc1OC.[Li+]. The summed E-state index contributed by atoms with van der Waals surface area (Å²) in [4.78, 5) is 25.9. The number of aliphatic hydroxyl groups is 2. The number of nitrogens with zero attached hydrogens (tertiary/aromatic N) is 1. The monoisotopic (exact) mass is 800 g/mol. The number of ether oxygens (including phenoxy) is 4. The molecule has 1 aromatic carbocycles. The first kappa shape index (κ1) is 59.5. The quantitative estimate of drug-likeness (QED) is 0.0237. The number of hydrogen-bond donors (Lipinski definition) is 2.